The number of ether oxygens (including phenoxy) is 1. The highest BCUT2D eigenvalue weighted by molar-refractivity contribution is 5.17. The van der Waals surface area contributed by atoms with Crippen molar-refractivity contribution >= 4 is 0 Å². The summed E-state index contributed by atoms with van der Waals surface area (Å²) in [7, 11) is 1.68. The molecule has 2 rings (SSSR count). The largest absolute Gasteiger partial charge is 0.497 e. The van der Waals surface area contributed by atoms with Gasteiger partial charge in [0.25, 0.3) is 0 Å². The Morgan fingerprint density at radius 3 is 2.71 bits per heavy atom. The van der Waals surface area contributed by atoms with Crippen LogP contribution >= 0.6 is 0 Å². The van der Waals surface area contributed by atoms with Crippen molar-refractivity contribution in [1.29, 1.82) is 0 Å². The van der Waals surface area contributed by atoms with E-state index in [1.807, 2.05) is 30.6 Å². The van der Waals surface area contributed by atoms with Gasteiger partial charge in [-0.3, -0.25) is 10.0 Å². The number of methoxy groups -OCH3 is 1. The topological polar surface area (TPSA) is 15.7 Å². The lowest BCUT2D eigenvalue weighted by Crippen LogP contribution is -2.37. The van der Waals surface area contributed by atoms with Crippen molar-refractivity contribution in [1.82, 2.24) is 10.0 Å². The third-order valence-corrected chi connectivity index (χ3v) is 2.20. The fourth-order valence-electron chi connectivity index (χ4n) is 1.41. The van der Waals surface area contributed by atoms with Crippen LogP contribution in [0.3, 0.4) is 0 Å². The van der Waals surface area contributed by atoms with Gasteiger partial charge in [-0.2, -0.15) is 0 Å². The van der Waals surface area contributed by atoms with Crippen molar-refractivity contribution in [3.63, 3.8) is 0 Å². The maximum absolute atomic E-state index is 5.12. The van der Waals surface area contributed by atoms with Crippen molar-refractivity contribution in [3.05, 3.63) is 48.5 Å². The van der Waals surface area contributed by atoms with Gasteiger partial charge < -0.3 is 4.74 Å². The first-order chi connectivity index (χ1) is 6.90. The summed E-state index contributed by atoms with van der Waals surface area (Å²) in [5.41, 5.74) is 0. The molecule has 0 aromatic heterocycles. The highest BCUT2D eigenvalue weighted by Crippen LogP contribution is 2.11. The van der Waals surface area contributed by atoms with E-state index in [0.29, 0.717) is 0 Å². The van der Waals surface area contributed by atoms with Crippen LogP contribution in [0.15, 0.2) is 42.5 Å². The summed E-state index contributed by atoms with van der Waals surface area (Å²) >= 11 is 0. The second-order valence-corrected chi connectivity index (χ2v) is 3.06. The van der Waals surface area contributed by atoms with Gasteiger partial charge in [0.1, 0.15) is 5.76 Å². The molecule has 3 nitrogen and oxygen atoms in total. The average Bonchev–Trinajstić information content (AvgIpc) is 2.30. The van der Waals surface area contributed by atoms with E-state index in [2.05, 4.69) is 22.2 Å². The van der Waals surface area contributed by atoms with Crippen LogP contribution in [0.25, 0.3) is 0 Å². The van der Waals surface area contributed by atoms with Gasteiger partial charge in [-0.25, -0.2) is 0 Å². The van der Waals surface area contributed by atoms with E-state index in [1.54, 1.807) is 7.11 Å². The first-order valence-corrected chi connectivity index (χ1v) is 4.60. The van der Waals surface area contributed by atoms with Gasteiger partial charge in [0.15, 0.2) is 0 Å². The minimum absolute atomic E-state index is 0.845. The quantitative estimate of drug-likeness (QED) is 0.654. The smallest absolute Gasteiger partial charge is 0.118 e. The molecule has 2 heterocycles. The minimum Gasteiger partial charge on any atom is -0.497 e. The molecule has 1 radical (unpaired) electrons. The zero-order valence-electron chi connectivity index (χ0n) is 8.18. The summed E-state index contributed by atoms with van der Waals surface area (Å²) in [6.45, 7) is 1.72. The van der Waals surface area contributed by atoms with Crippen LogP contribution in [0.1, 0.15) is 0 Å². The Labute approximate surface area is 84.2 Å². The first kappa shape index (κ1) is 8.94. The molecule has 0 bridgehead atoms. The lowest BCUT2D eigenvalue weighted by Gasteiger charge is -2.34. The van der Waals surface area contributed by atoms with E-state index >= 15 is 0 Å². The number of allylic oxidation sites excluding steroid dienone is 3. The first-order valence-electron chi connectivity index (χ1n) is 4.60. The molecular weight excluding hydrogens is 176 g/mol. The Bertz CT molecular complexity index is 315. The summed E-state index contributed by atoms with van der Waals surface area (Å²) in [5.74, 6) is 0.921. The van der Waals surface area contributed by atoms with Crippen LogP contribution in [0, 0.1) is 6.08 Å². The standard InChI is InChI=1S/C11H13N2O/c1-14-11-5-9-13(10-6-11)12-7-3-2-4-8-12/h3-7,9H,8,10H2,1H3. The van der Waals surface area contributed by atoms with Crippen molar-refractivity contribution in [2.75, 3.05) is 20.2 Å². The lowest BCUT2D eigenvalue weighted by molar-refractivity contribution is 0.0981. The molecule has 0 atom stereocenters. The van der Waals surface area contributed by atoms with E-state index in [1.165, 1.54) is 0 Å². The van der Waals surface area contributed by atoms with Crippen LogP contribution in [-0.4, -0.2) is 30.2 Å². The molecule has 0 saturated heterocycles. The highest BCUT2D eigenvalue weighted by Gasteiger charge is 2.10. The van der Waals surface area contributed by atoms with Gasteiger partial charge in [-0.05, 0) is 24.3 Å². The predicted molar refractivity (Wildman–Crippen MR) is 54.6 cm³/mol. The van der Waals surface area contributed by atoms with E-state index < -0.39 is 0 Å². The Morgan fingerprint density at radius 2 is 2.14 bits per heavy atom. The Hall–Kier alpha value is -1.64. The molecule has 0 aromatic carbocycles. The maximum atomic E-state index is 5.12. The van der Waals surface area contributed by atoms with Gasteiger partial charge in [-0.15, -0.1) is 0 Å². The summed E-state index contributed by atoms with van der Waals surface area (Å²) < 4.78 is 5.12. The molecule has 0 amide bonds. The van der Waals surface area contributed by atoms with Crippen molar-refractivity contribution in [2.24, 2.45) is 0 Å². The molecular formula is C11H13N2O. The average molecular weight is 189 g/mol. The molecule has 0 unspecified atom stereocenters. The summed E-state index contributed by atoms with van der Waals surface area (Å²) in [4.78, 5) is 0. The third kappa shape index (κ3) is 1.82. The number of rotatable bonds is 2. The summed E-state index contributed by atoms with van der Waals surface area (Å²) in [6.07, 6.45) is 15.0. The molecule has 14 heavy (non-hydrogen) atoms. The molecule has 2 aliphatic rings. The third-order valence-electron chi connectivity index (χ3n) is 2.20. The number of hydrogen-bond donors (Lipinski definition) is 0. The van der Waals surface area contributed by atoms with Gasteiger partial charge in [0, 0.05) is 12.4 Å². The maximum Gasteiger partial charge on any atom is 0.118 e. The fourth-order valence-corrected chi connectivity index (χ4v) is 1.41. The zero-order valence-corrected chi connectivity index (χ0v) is 8.18. The molecule has 0 saturated carbocycles. The van der Waals surface area contributed by atoms with Gasteiger partial charge >= 0.3 is 0 Å². The van der Waals surface area contributed by atoms with Crippen molar-refractivity contribution < 1.29 is 4.74 Å². The molecule has 0 aliphatic carbocycles. The normalized spacial score (nSPS) is 19.9. The number of hydrogen-bond acceptors (Lipinski definition) is 3. The molecule has 73 valence electrons. The van der Waals surface area contributed by atoms with Crippen LogP contribution in [0.5, 0.6) is 0 Å². The minimum atomic E-state index is 0.845. The zero-order chi connectivity index (χ0) is 9.80. The predicted octanol–water partition coefficient (Wildman–Crippen LogP) is 1.45. The summed E-state index contributed by atoms with van der Waals surface area (Å²) in [6, 6.07) is 0. The van der Waals surface area contributed by atoms with Crippen LogP contribution in [0.4, 0.5) is 0 Å². The van der Waals surface area contributed by atoms with Gasteiger partial charge in [-0.1, -0.05) is 6.08 Å². The molecule has 0 spiro atoms. The second kappa shape index (κ2) is 4.05. The van der Waals surface area contributed by atoms with Gasteiger partial charge in [0.05, 0.1) is 20.2 Å². The highest BCUT2D eigenvalue weighted by atomic mass is 16.5. The molecule has 0 aromatic rings. The van der Waals surface area contributed by atoms with E-state index in [0.717, 1.165) is 18.8 Å². The fraction of sp³-hybridized carbons (Fsp3) is 0.273. The molecule has 3 heteroatoms. The second-order valence-electron chi connectivity index (χ2n) is 3.06. The molecule has 2 aliphatic heterocycles. The summed E-state index contributed by atoms with van der Waals surface area (Å²) in [5, 5.41) is 4.24. The van der Waals surface area contributed by atoms with Crippen LogP contribution in [-0.2, 0) is 4.74 Å². The van der Waals surface area contributed by atoms with Gasteiger partial charge in [0.2, 0.25) is 0 Å². The lowest BCUT2D eigenvalue weighted by atomic mass is 10.3. The van der Waals surface area contributed by atoms with Crippen molar-refractivity contribution in [2.45, 2.75) is 0 Å². The number of hydrazine groups is 1. The van der Waals surface area contributed by atoms with E-state index in [-0.39, 0.29) is 0 Å². The Balaban J connectivity index is 1.97. The SMILES string of the molecule is COC1=CCN(N2C=C[C]=CC2)C=C1. The van der Waals surface area contributed by atoms with E-state index in [9.17, 15) is 0 Å². The van der Waals surface area contributed by atoms with E-state index in [4.69, 9.17) is 4.74 Å². The molecule has 0 fully saturated rings. The van der Waals surface area contributed by atoms with Crippen LogP contribution < -0.4 is 0 Å². The Kier molecular flexibility index (Phi) is 2.58. The monoisotopic (exact) mass is 189 g/mol. The molecule has 0 N–H and O–H groups in total. The van der Waals surface area contributed by atoms with Crippen molar-refractivity contribution in [3.8, 4) is 0 Å². The number of nitrogens with zero attached hydrogens (tertiary/aromatic N) is 2. The van der Waals surface area contributed by atoms with Crippen LogP contribution in [0.2, 0.25) is 0 Å². The Morgan fingerprint density at radius 1 is 1.29 bits per heavy atom.